The standard InChI is InChI=1S/C25H32N2O3S/c1-19(20-11-13-22(14-12-20)21-7-3-2-4-8-21)26-17-25(28)27(23-9-5-6-10-23)24-15-16-31(29,30)18-24/h2-4,7-8,11-14,19,23-24,26H,5-6,9-10,15-18H2,1H3/t19-,24-/m0/s1. The number of carbonyl (C=O) groups is 1. The smallest absolute Gasteiger partial charge is 0.237 e. The van der Waals surface area contributed by atoms with Crippen molar-refractivity contribution in [2.24, 2.45) is 0 Å². The largest absolute Gasteiger partial charge is 0.335 e. The van der Waals surface area contributed by atoms with Crippen LogP contribution >= 0.6 is 0 Å². The molecule has 1 aliphatic carbocycles. The van der Waals surface area contributed by atoms with E-state index in [0.717, 1.165) is 31.2 Å². The fourth-order valence-electron chi connectivity index (χ4n) is 4.93. The van der Waals surface area contributed by atoms with Crippen LogP contribution in [0.3, 0.4) is 0 Å². The summed E-state index contributed by atoms with van der Waals surface area (Å²) in [6.45, 7) is 2.29. The Morgan fingerprint density at radius 3 is 2.23 bits per heavy atom. The summed E-state index contributed by atoms with van der Waals surface area (Å²) in [5.41, 5.74) is 3.48. The van der Waals surface area contributed by atoms with Gasteiger partial charge in [-0.25, -0.2) is 8.42 Å². The number of amides is 1. The van der Waals surface area contributed by atoms with Crippen molar-refractivity contribution in [2.45, 2.75) is 57.2 Å². The Morgan fingerprint density at radius 2 is 1.61 bits per heavy atom. The second-order valence-electron chi connectivity index (χ2n) is 8.89. The van der Waals surface area contributed by atoms with E-state index in [9.17, 15) is 13.2 Å². The van der Waals surface area contributed by atoms with Crippen molar-refractivity contribution < 1.29 is 13.2 Å². The first kappa shape index (κ1) is 22.0. The van der Waals surface area contributed by atoms with E-state index in [1.165, 1.54) is 11.1 Å². The zero-order valence-corrected chi connectivity index (χ0v) is 19.0. The van der Waals surface area contributed by atoms with Crippen LogP contribution in [0.4, 0.5) is 0 Å². The molecule has 1 saturated heterocycles. The Hall–Kier alpha value is -2.18. The zero-order valence-electron chi connectivity index (χ0n) is 18.2. The molecule has 0 unspecified atom stereocenters. The van der Waals surface area contributed by atoms with E-state index >= 15 is 0 Å². The van der Waals surface area contributed by atoms with Gasteiger partial charge in [-0.1, -0.05) is 67.4 Å². The maximum atomic E-state index is 13.2. The van der Waals surface area contributed by atoms with Crippen LogP contribution in [0.25, 0.3) is 11.1 Å². The second kappa shape index (κ2) is 9.53. The molecule has 1 saturated carbocycles. The van der Waals surface area contributed by atoms with E-state index in [1.807, 2.05) is 23.1 Å². The summed E-state index contributed by atoms with van der Waals surface area (Å²) in [4.78, 5) is 15.1. The SMILES string of the molecule is C[C@H](NCC(=O)N(C1CCCC1)[C@H]1CCS(=O)(=O)C1)c1ccc(-c2ccccc2)cc1. The molecule has 5 nitrogen and oxygen atoms in total. The van der Waals surface area contributed by atoms with E-state index in [2.05, 4.69) is 48.6 Å². The molecule has 31 heavy (non-hydrogen) atoms. The lowest BCUT2D eigenvalue weighted by molar-refractivity contribution is -0.134. The van der Waals surface area contributed by atoms with Crippen LogP contribution < -0.4 is 5.32 Å². The zero-order chi connectivity index (χ0) is 21.8. The van der Waals surface area contributed by atoms with Gasteiger partial charge in [0.25, 0.3) is 0 Å². The highest BCUT2D eigenvalue weighted by Crippen LogP contribution is 2.29. The molecular formula is C25H32N2O3S. The van der Waals surface area contributed by atoms with Crippen LogP contribution in [0, 0.1) is 0 Å². The van der Waals surface area contributed by atoms with Gasteiger partial charge in [-0.05, 0) is 42.9 Å². The number of benzene rings is 2. The molecule has 2 atom stereocenters. The second-order valence-corrected chi connectivity index (χ2v) is 11.1. The summed E-state index contributed by atoms with van der Waals surface area (Å²) >= 11 is 0. The van der Waals surface area contributed by atoms with Crippen molar-refractivity contribution in [3.63, 3.8) is 0 Å². The maximum absolute atomic E-state index is 13.2. The molecule has 1 N–H and O–H groups in total. The third kappa shape index (κ3) is 5.36. The van der Waals surface area contributed by atoms with Crippen LogP contribution in [-0.2, 0) is 14.6 Å². The molecular weight excluding hydrogens is 408 g/mol. The molecule has 2 fully saturated rings. The molecule has 1 aliphatic heterocycles. The first-order valence-corrected chi connectivity index (χ1v) is 13.2. The van der Waals surface area contributed by atoms with Gasteiger partial charge in [-0.3, -0.25) is 4.79 Å². The highest BCUT2D eigenvalue weighted by Gasteiger charge is 2.38. The molecule has 6 heteroatoms. The molecule has 4 rings (SSSR count). The average Bonchev–Trinajstić information content (AvgIpc) is 3.43. The first-order chi connectivity index (χ1) is 14.9. The molecule has 0 radical (unpaired) electrons. The van der Waals surface area contributed by atoms with Crippen LogP contribution in [0.2, 0.25) is 0 Å². The van der Waals surface area contributed by atoms with Gasteiger partial charge in [0, 0.05) is 18.1 Å². The van der Waals surface area contributed by atoms with Crippen LogP contribution in [0.15, 0.2) is 54.6 Å². The predicted molar refractivity (Wildman–Crippen MR) is 124 cm³/mol. The first-order valence-electron chi connectivity index (χ1n) is 11.3. The summed E-state index contributed by atoms with van der Waals surface area (Å²) in [7, 11) is -3.02. The molecule has 0 spiro atoms. The van der Waals surface area contributed by atoms with E-state index in [-0.39, 0.29) is 42.1 Å². The minimum Gasteiger partial charge on any atom is -0.335 e. The fourth-order valence-corrected chi connectivity index (χ4v) is 6.64. The highest BCUT2D eigenvalue weighted by molar-refractivity contribution is 7.91. The van der Waals surface area contributed by atoms with E-state index in [0.29, 0.717) is 6.42 Å². The number of carbonyl (C=O) groups excluding carboxylic acids is 1. The number of nitrogens with one attached hydrogen (secondary N) is 1. The molecule has 1 amide bonds. The van der Waals surface area contributed by atoms with Gasteiger partial charge in [0.2, 0.25) is 5.91 Å². The van der Waals surface area contributed by atoms with Gasteiger partial charge in [0.15, 0.2) is 9.84 Å². The van der Waals surface area contributed by atoms with Crippen molar-refractivity contribution in [1.29, 1.82) is 0 Å². The quantitative estimate of drug-likeness (QED) is 0.708. The van der Waals surface area contributed by atoms with Gasteiger partial charge in [0.05, 0.1) is 18.1 Å². The Bertz CT molecular complexity index is 983. The number of hydrogen-bond acceptors (Lipinski definition) is 4. The Morgan fingerprint density at radius 1 is 0.968 bits per heavy atom. The van der Waals surface area contributed by atoms with Crippen molar-refractivity contribution in [3.05, 3.63) is 60.2 Å². The number of nitrogens with zero attached hydrogens (tertiary/aromatic N) is 1. The van der Waals surface area contributed by atoms with Crippen molar-refractivity contribution in [1.82, 2.24) is 10.2 Å². The average molecular weight is 441 g/mol. The fraction of sp³-hybridized carbons (Fsp3) is 0.480. The molecule has 2 aromatic rings. The van der Waals surface area contributed by atoms with Crippen molar-refractivity contribution in [2.75, 3.05) is 18.1 Å². The molecule has 1 heterocycles. The summed E-state index contributed by atoms with van der Waals surface area (Å²) in [5.74, 6) is 0.346. The summed E-state index contributed by atoms with van der Waals surface area (Å²) < 4.78 is 24.0. The van der Waals surface area contributed by atoms with Gasteiger partial charge >= 0.3 is 0 Å². The van der Waals surface area contributed by atoms with Crippen LogP contribution in [0.1, 0.15) is 50.6 Å². The van der Waals surface area contributed by atoms with E-state index in [4.69, 9.17) is 0 Å². The molecule has 2 aliphatic rings. The molecule has 0 aromatic heterocycles. The number of sulfone groups is 1. The van der Waals surface area contributed by atoms with Gasteiger partial charge in [0.1, 0.15) is 0 Å². The lowest BCUT2D eigenvalue weighted by Crippen LogP contribution is -2.50. The minimum atomic E-state index is -3.02. The normalized spacial score (nSPS) is 21.8. The molecule has 2 aromatic carbocycles. The topological polar surface area (TPSA) is 66.5 Å². The van der Waals surface area contributed by atoms with Gasteiger partial charge in [-0.2, -0.15) is 0 Å². The minimum absolute atomic E-state index is 0.0294. The lowest BCUT2D eigenvalue weighted by atomic mass is 10.0. The predicted octanol–water partition coefficient (Wildman–Crippen LogP) is 3.96. The third-order valence-corrected chi connectivity index (χ3v) is 8.44. The lowest BCUT2D eigenvalue weighted by Gasteiger charge is -2.34. The summed E-state index contributed by atoms with van der Waals surface area (Å²) in [6.07, 6.45) is 4.77. The highest BCUT2D eigenvalue weighted by atomic mass is 32.2. The Kier molecular flexibility index (Phi) is 6.77. The van der Waals surface area contributed by atoms with Crippen molar-refractivity contribution >= 4 is 15.7 Å². The summed E-state index contributed by atoms with van der Waals surface area (Å²) in [6, 6.07) is 18.7. The maximum Gasteiger partial charge on any atom is 0.237 e. The Labute approximate surface area is 185 Å². The number of rotatable bonds is 7. The Balaban J connectivity index is 1.39. The molecule has 0 bridgehead atoms. The van der Waals surface area contributed by atoms with E-state index in [1.54, 1.807) is 0 Å². The number of hydrogen-bond donors (Lipinski definition) is 1. The third-order valence-electron chi connectivity index (χ3n) is 6.69. The van der Waals surface area contributed by atoms with Gasteiger partial charge in [-0.15, -0.1) is 0 Å². The van der Waals surface area contributed by atoms with Crippen LogP contribution in [-0.4, -0.2) is 49.4 Å². The van der Waals surface area contributed by atoms with Crippen LogP contribution in [0.5, 0.6) is 0 Å². The summed E-state index contributed by atoms with van der Waals surface area (Å²) in [5, 5.41) is 3.37. The van der Waals surface area contributed by atoms with Gasteiger partial charge < -0.3 is 10.2 Å². The monoisotopic (exact) mass is 440 g/mol. The molecule has 166 valence electrons. The van der Waals surface area contributed by atoms with E-state index < -0.39 is 9.84 Å². The van der Waals surface area contributed by atoms with Crippen molar-refractivity contribution in [3.8, 4) is 11.1 Å².